The molecular formula is C24H32N2O4. The minimum Gasteiger partial charge on any atom is -0.385 e. The third-order valence-corrected chi connectivity index (χ3v) is 7.22. The Balaban J connectivity index is 1.64. The SMILES string of the molecule is COCCCN1C(=O)C[C@@](CC(=O)N2C[C@@H]3CCC[C@H]2C3)(c2ccccc2C)C1=O. The van der Waals surface area contributed by atoms with Crippen molar-refractivity contribution in [1.82, 2.24) is 9.80 Å². The molecule has 3 aliphatic rings. The van der Waals surface area contributed by atoms with Crippen LogP contribution in [0.2, 0.25) is 0 Å². The Morgan fingerprint density at radius 3 is 2.77 bits per heavy atom. The molecule has 3 atom stereocenters. The molecule has 2 bridgehead atoms. The van der Waals surface area contributed by atoms with Crippen molar-refractivity contribution in [2.45, 2.75) is 63.3 Å². The number of fused-ring (bicyclic) bond motifs is 2. The number of carbonyl (C=O) groups is 3. The summed E-state index contributed by atoms with van der Waals surface area (Å²) in [5.41, 5.74) is 0.668. The molecule has 1 saturated carbocycles. The van der Waals surface area contributed by atoms with Gasteiger partial charge in [-0.2, -0.15) is 0 Å². The van der Waals surface area contributed by atoms with E-state index in [0.29, 0.717) is 31.5 Å². The van der Waals surface area contributed by atoms with Crippen molar-refractivity contribution in [3.05, 3.63) is 35.4 Å². The number of nitrogens with zero attached hydrogens (tertiary/aromatic N) is 2. The molecule has 6 nitrogen and oxygen atoms in total. The zero-order valence-corrected chi connectivity index (χ0v) is 18.1. The molecule has 2 heterocycles. The summed E-state index contributed by atoms with van der Waals surface area (Å²) in [5.74, 6) is 0.196. The van der Waals surface area contributed by atoms with Crippen molar-refractivity contribution in [3.8, 4) is 0 Å². The van der Waals surface area contributed by atoms with Gasteiger partial charge in [0.15, 0.2) is 0 Å². The van der Waals surface area contributed by atoms with Crippen LogP contribution in [0.5, 0.6) is 0 Å². The van der Waals surface area contributed by atoms with Gasteiger partial charge < -0.3 is 9.64 Å². The number of methoxy groups -OCH3 is 1. The summed E-state index contributed by atoms with van der Waals surface area (Å²) in [6.07, 6.45) is 5.24. The molecule has 0 radical (unpaired) electrons. The molecular weight excluding hydrogens is 380 g/mol. The third kappa shape index (κ3) is 3.66. The Hall–Kier alpha value is -2.21. The fourth-order valence-corrected chi connectivity index (χ4v) is 5.75. The van der Waals surface area contributed by atoms with E-state index in [9.17, 15) is 14.4 Å². The number of hydrogen-bond donors (Lipinski definition) is 0. The molecule has 2 saturated heterocycles. The van der Waals surface area contributed by atoms with Gasteiger partial charge >= 0.3 is 0 Å². The molecule has 4 rings (SSSR count). The maximum absolute atomic E-state index is 13.7. The summed E-state index contributed by atoms with van der Waals surface area (Å²) >= 11 is 0. The first-order valence-corrected chi connectivity index (χ1v) is 11.2. The van der Waals surface area contributed by atoms with Gasteiger partial charge in [0.1, 0.15) is 0 Å². The molecule has 0 spiro atoms. The average Bonchev–Trinajstić information content (AvgIpc) is 3.15. The van der Waals surface area contributed by atoms with Crippen LogP contribution in [0.25, 0.3) is 0 Å². The smallest absolute Gasteiger partial charge is 0.240 e. The molecule has 1 aromatic carbocycles. The summed E-state index contributed by atoms with van der Waals surface area (Å²) in [7, 11) is 1.61. The predicted molar refractivity (Wildman–Crippen MR) is 113 cm³/mol. The van der Waals surface area contributed by atoms with Crippen LogP contribution in [0.4, 0.5) is 0 Å². The van der Waals surface area contributed by atoms with Crippen molar-refractivity contribution < 1.29 is 19.1 Å². The monoisotopic (exact) mass is 412 g/mol. The van der Waals surface area contributed by atoms with Crippen molar-refractivity contribution in [1.29, 1.82) is 0 Å². The number of hydrogen-bond acceptors (Lipinski definition) is 4. The molecule has 0 N–H and O–H groups in total. The summed E-state index contributed by atoms with van der Waals surface area (Å²) in [6, 6.07) is 7.98. The third-order valence-electron chi connectivity index (χ3n) is 7.22. The van der Waals surface area contributed by atoms with E-state index in [1.54, 1.807) is 7.11 Å². The first kappa shape index (κ1) is 21.0. The highest BCUT2D eigenvalue weighted by Crippen LogP contribution is 2.43. The van der Waals surface area contributed by atoms with Crippen LogP contribution in [0.1, 0.15) is 56.1 Å². The lowest BCUT2D eigenvalue weighted by Crippen LogP contribution is -2.45. The fraction of sp³-hybridized carbons (Fsp3) is 0.625. The number of rotatable bonds is 7. The van der Waals surface area contributed by atoms with E-state index in [2.05, 4.69) is 0 Å². The maximum atomic E-state index is 13.7. The van der Waals surface area contributed by atoms with Gasteiger partial charge in [-0.3, -0.25) is 19.3 Å². The van der Waals surface area contributed by atoms with E-state index in [1.807, 2.05) is 36.1 Å². The van der Waals surface area contributed by atoms with Gasteiger partial charge in [-0.25, -0.2) is 0 Å². The summed E-state index contributed by atoms with van der Waals surface area (Å²) < 4.78 is 5.09. The normalized spacial score (nSPS) is 28.5. The minimum atomic E-state index is -1.09. The lowest BCUT2D eigenvalue weighted by molar-refractivity contribution is -0.143. The lowest BCUT2D eigenvalue weighted by atomic mass is 9.74. The minimum absolute atomic E-state index is 0.0209. The van der Waals surface area contributed by atoms with E-state index in [1.165, 1.54) is 17.7 Å². The number of ether oxygens (including phenoxy) is 1. The van der Waals surface area contributed by atoms with Gasteiger partial charge in [0.05, 0.1) is 5.41 Å². The Kier molecular flexibility index (Phi) is 5.96. The number of amides is 3. The topological polar surface area (TPSA) is 66.9 Å². The van der Waals surface area contributed by atoms with Crippen LogP contribution in [0, 0.1) is 12.8 Å². The number of imide groups is 1. The first-order chi connectivity index (χ1) is 14.5. The predicted octanol–water partition coefficient (Wildman–Crippen LogP) is 2.82. The van der Waals surface area contributed by atoms with Crippen LogP contribution in [0.15, 0.2) is 24.3 Å². The highest BCUT2D eigenvalue weighted by molar-refractivity contribution is 6.11. The van der Waals surface area contributed by atoms with Gasteiger partial charge in [-0.15, -0.1) is 0 Å². The van der Waals surface area contributed by atoms with E-state index in [4.69, 9.17) is 4.74 Å². The number of aryl methyl sites for hydroxylation is 1. The second kappa shape index (κ2) is 8.50. The van der Waals surface area contributed by atoms with E-state index in [0.717, 1.165) is 30.5 Å². The number of benzene rings is 1. The van der Waals surface area contributed by atoms with Gasteiger partial charge in [-0.1, -0.05) is 30.7 Å². The van der Waals surface area contributed by atoms with Crippen LogP contribution in [-0.2, 0) is 24.5 Å². The molecule has 1 aliphatic carbocycles. The summed E-state index contributed by atoms with van der Waals surface area (Å²) in [5, 5.41) is 0. The fourth-order valence-electron chi connectivity index (χ4n) is 5.75. The summed E-state index contributed by atoms with van der Waals surface area (Å²) in [4.78, 5) is 43.4. The van der Waals surface area contributed by atoms with E-state index >= 15 is 0 Å². The Labute approximate surface area is 178 Å². The second-order valence-electron chi connectivity index (χ2n) is 9.18. The Bertz CT molecular complexity index is 838. The van der Waals surface area contributed by atoms with Crippen LogP contribution < -0.4 is 0 Å². The molecule has 0 aromatic heterocycles. The highest BCUT2D eigenvalue weighted by atomic mass is 16.5. The number of likely N-dealkylation sites (tertiary alicyclic amines) is 2. The average molecular weight is 413 g/mol. The quantitative estimate of drug-likeness (QED) is 0.510. The molecule has 2 aliphatic heterocycles. The van der Waals surface area contributed by atoms with Crippen molar-refractivity contribution in [2.24, 2.45) is 5.92 Å². The first-order valence-electron chi connectivity index (χ1n) is 11.2. The lowest BCUT2D eigenvalue weighted by Gasteiger charge is -2.32. The zero-order chi connectivity index (χ0) is 21.3. The molecule has 162 valence electrons. The van der Waals surface area contributed by atoms with Gasteiger partial charge in [0.2, 0.25) is 17.7 Å². The standard InChI is InChI=1S/C24H32N2O4/c1-17-7-3-4-10-20(17)24(14-21(27)25(23(24)29)11-6-12-30-2)15-22(28)26-16-18-8-5-9-19(26)13-18/h3-4,7,10,18-19H,5-6,8-9,11-16H2,1-2H3/t18-,19+,24-/m1/s1. The van der Waals surface area contributed by atoms with Gasteiger partial charge in [0.25, 0.3) is 0 Å². The molecule has 6 heteroatoms. The van der Waals surface area contributed by atoms with E-state index < -0.39 is 5.41 Å². The Morgan fingerprint density at radius 1 is 1.23 bits per heavy atom. The van der Waals surface area contributed by atoms with Crippen LogP contribution in [0.3, 0.4) is 0 Å². The maximum Gasteiger partial charge on any atom is 0.240 e. The molecule has 0 unspecified atom stereocenters. The largest absolute Gasteiger partial charge is 0.385 e. The van der Waals surface area contributed by atoms with Crippen molar-refractivity contribution in [3.63, 3.8) is 0 Å². The van der Waals surface area contributed by atoms with Crippen LogP contribution >= 0.6 is 0 Å². The molecule has 3 amide bonds. The van der Waals surface area contributed by atoms with Gasteiger partial charge in [0, 0.05) is 45.7 Å². The molecule has 1 aromatic rings. The van der Waals surface area contributed by atoms with E-state index in [-0.39, 0.29) is 30.6 Å². The summed E-state index contributed by atoms with van der Waals surface area (Å²) in [6.45, 7) is 3.58. The highest BCUT2D eigenvalue weighted by Gasteiger charge is 2.55. The van der Waals surface area contributed by atoms with Gasteiger partial charge in [-0.05, 0) is 49.7 Å². The zero-order valence-electron chi connectivity index (χ0n) is 18.1. The Morgan fingerprint density at radius 2 is 2.03 bits per heavy atom. The van der Waals surface area contributed by atoms with Crippen molar-refractivity contribution >= 4 is 17.7 Å². The molecule has 30 heavy (non-hydrogen) atoms. The number of carbonyl (C=O) groups excluding carboxylic acids is 3. The molecule has 3 fully saturated rings. The second-order valence-corrected chi connectivity index (χ2v) is 9.18. The van der Waals surface area contributed by atoms with Crippen molar-refractivity contribution in [2.75, 3.05) is 26.8 Å². The van der Waals surface area contributed by atoms with Crippen LogP contribution in [-0.4, -0.2) is 60.4 Å².